The number of hydrazine groups is 1. The minimum absolute atomic E-state index is 0.360. The third kappa shape index (κ3) is 3.63. The minimum Gasteiger partial charge on any atom is -0.267 e. The van der Waals surface area contributed by atoms with Crippen LogP contribution < -0.4 is 10.9 Å². The van der Waals surface area contributed by atoms with E-state index in [4.69, 9.17) is 0 Å². The topological polar surface area (TPSA) is 84.0 Å². The lowest BCUT2D eigenvalue weighted by Gasteiger charge is -2.07. The molecule has 0 aliphatic heterocycles. The molecule has 0 unspecified atom stereocenters. The van der Waals surface area contributed by atoms with Crippen LogP contribution in [0.5, 0.6) is 0 Å². The normalized spacial score (nSPS) is 10.2. The molecule has 0 bridgehead atoms. The summed E-state index contributed by atoms with van der Waals surface area (Å²) in [4.78, 5) is 24.3. The minimum atomic E-state index is -0.402. The fourth-order valence-electron chi connectivity index (χ4n) is 1.75. The summed E-state index contributed by atoms with van der Waals surface area (Å²) in [7, 11) is 0. The molecule has 21 heavy (non-hydrogen) atoms. The Bertz CT molecular complexity index is 637. The molecule has 2 rings (SSSR count). The van der Waals surface area contributed by atoms with E-state index < -0.39 is 5.91 Å². The van der Waals surface area contributed by atoms with E-state index in [-0.39, 0.29) is 5.91 Å². The Morgan fingerprint density at radius 3 is 2.33 bits per heavy atom. The first kappa shape index (κ1) is 15.1. The molecule has 6 nitrogen and oxygen atoms in total. The van der Waals surface area contributed by atoms with E-state index in [1.807, 2.05) is 26.0 Å². The molecule has 2 amide bonds. The maximum absolute atomic E-state index is 11.9. The molecule has 110 valence electrons. The number of nitrogens with zero attached hydrogens (tertiary/aromatic N) is 2. The molecule has 0 aliphatic carbocycles. The summed E-state index contributed by atoms with van der Waals surface area (Å²) in [6.45, 7) is 3.94. The van der Waals surface area contributed by atoms with Crippen molar-refractivity contribution >= 4 is 23.3 Å². The van der Waals surface area contributed by atoms with Crippen LogP contribution in [-0.4, -0.2) is 21.4 Å². The molecule has 7 heteroatoms. The molecule has 2 N–H and O–H groups in total. The number of aromatic nitrogens is 2. The number of hydrogen-bond donors (Lipinski definition) is 2. The third-order valence-corrected chi connectivity index (χ3v) is 3.78. The van der Waals surface area contributed by atoms with Crippen LogP contribution in [0.2, 0.25) is 0 Å². The van der Waals surface area contributed by atoms with Crippen molar-refractivity contribution in [2.45, 2.75) is 26.7 Å². The summed E-state index contributed by atoms with van der Waals surface area (Å²) >= 11 is 1.01. The first-order valence-electron chi connectivity index (χ1n) is 6.66. The highest BCUT2D eigenvalue weighted by Crippen LogP contribution is 2.10. The van der Waals surface area contributed by atoms with Gasteiger partial charge in [-0.2, -0.15) is 0 Å². The van der Waals surface area contributed by atoms with Crippen LogP contribution in [0.4, 0.5) is 0 Å². The zero-order valence-corrected chi connectivity index (χ0v) is 12.7. The van der Waals surface area contributed by atoms with Gasteiger partial charge in [0.2, 0.25) is 0 Å². The Balaban J connectivity index is 1.95. The Morgan fingerprint density at radius 2 is 1.71 bits per heavy atom. The molecular weight excluding hydrogens is 288 g/mol. The molecule has 2 aromatic rings. The monoisotopic (exact) mass is 304 g/mol. The summed E-state index contributed by atoms with van der Waals surface area (Å²) in [5.41, 5.74) is 7.03. The lowest BCUT2D eigenvalue weighted by molar-refractivity contribution is 0.0848. The van der Waals surface area contributed by atoms with Gasteiger partial charge in [0.15, 0.2) is 0 Å². The van der Waals surface area contributed by atoms with E-state index >= 15 is 0 Å². The van der Waals surface area contributed by atoms with Gasteiger partial charge in [-0.05, 0) is 42.1 Å². The van der Waals surface area contributed by atoms with Gasteiger partial charge in [-0.3, -0.25) is 20.4 Å². The van der Waals surface area contributed by atoms with Crippen LogP contribution in [-0.2, 0) is 12.8 Å². The highest BCUT2D eigenvalue weighted by atomic mass is 32.1. The first-order valence-corrected chi connectivity index (χ1v) is 7.43. The average molecular weight is 304 g/mol. The van der Waals surface area contributed by atoms with E-state index in [2.05, 4.69) is 20.4 Å². The molecule has 0 aliphatic rings. The molecule has 1 aromatic carbocycles. The predicted molar refractivity (Wildman–Crippen MR) is 80.0 cm³/mol. The molecule has 0 saturated heterocycles. The van der Waals surface area contributed by atoms with Gasteiger partial charge in [-0.15, -0.1) is 5.10 Å². The molecule has 0 spiro atoms. The van der Waals surface area contributed by atoms with E-state index in [0.717, 1.165) is 23.5 Å². The first-order chi connectivity index (χ1) is 10.2. The van der Waals surface area contributed by atoms with Gasteiger partial charge >= 0.3 is 0 Å². The molecule has 0 fully saturated rings. The Hall–Kier alpha value is -2.28. The quantitative estimate of drug-likeness (QED) is 0.843. The summed E-state index contributed by atoms with van der Waals surface area (Å²) < 4.78 is 3.74. The van der Waals surface area contributed by atoms with Crippen LogP contribution in [0.3, 0.4) is 0 Å². The largest absolute Gasteiger partial charge is 0.283 e. The Labute approximate surface area is 126 Å². The fourth-order valence-corrected chi connectivity index (χ4v) is 2.39. The van der Waals surface area contributed by atoms with Crippen molar-refractivity contribution in [3.8, 4) is 0 Å². The highest BCUT2D eigenvalue weighted by Gasteiger charge is 2.15. The van der Waals surface area contributed by atoms with Gasteiger partial charge in [0, 0.05) is 5.56 Å². The number of rotatable bonds is 4. The molecule has 0 atom stereocenters. The van der Waals surface area contributed by atoms with Gasteiger partial charge in [-0.1, -0.05) is 30.5 Å². The number of nitrogens with one attached hydrogen (secondary N) is 2. The SMILES string of the molecule is CCc1ccc(C(=O)NNC(=O)c2snnc2CC)cc1. The van der Waals surface area contributed by atoms with E-state index in [1.54, 1.807) is 12.1 Å². The number of aryl methyl sites for hydroxylation is 2. The Kier molecular flexibility index (Phi) is 4.99. The number of carbonyl (C=O) groups is 2. The molecule has 0 radical (unpaired) electrons. The van der Waals surface area contributed by atoms with Gasteiger partial charge in [0.1, 0.15) is 4.88 Å². The van der Waals surface area contributed by atoms with Crippen molar-refractivity contribution in [2.75, 3.05) is 0 Å². The lowest BCUT2D eigenvalue weighted by Crippen LogP contribution is -2.41. The fraction of sp³-hybridized carbons (Fsp3) is 0.286. The van der Waals surface area contributed by atoms with E-state index in [0.29, 0.717) is 22.6 Å². The summed E-state index contributed by atoms with van der Waals surface area (Å²) in [5.74, 6) is -0.762. The summed E-state index contributed by atoms with van der Waals surface area (Å²) in [6, 6.07) is 7.23. The zero-order valence-electron chi connectivity index (χ0n) is 11.8. The number of benzene rings is 1. The smallest absolute Gasteiger partial charge is 0.267 e. The Morgan fingerprint density at radius 1 is 1.05 bits per heavy atom. The van der Waals surface area contributed by atoms with Crippen molar-refractivity contribution in [1.29, 1.82) is 0 Å². The van der Waals surface area contributed by atoms with Gasteiger partial charge in [0.25, 0.3) is 11.8 Å². The van der Waals surface area contributed by atoms with Crippen molar-refractivity contribution in [2.24, 2.45) is 0 Å². The number of carbonyl (C=O) groups excluding carboxylic acids is 2. The van der Waals surface area contributed by atoms with Crippen LogP contribution in [0.15, 0.2) is 24.3 Å². The molecular formula is C14H16N4O2S. The second-order valence-electron chi connectivity index (χ2n) is 4.36. The van der Waals surface area contributed by atoms with Crippen molar-refractivity contribution in [3.63, 3.8) is 0 Å². The standard InChI is InChI=1S/C14H16N4O2S/c1-3-9-5-7-10(8-6-9)13(19)16-17-14(20)12-11(4-2)15-18-21-12/h5-8H,3-4H2,1-2H3,(H,16,19)(H,17,20). The molecule has 0 saturated carbocycles. The third-order valence-electron chi connectivity index (χ3n) is 3.01. The van der Waals surface area contributed by atoms with Crippen LogP contribution in [0.25, 0.3) is 0 Å². The van der Waals surface area contributed by atoms with Gasteiger partial charge in [0.05, 0.1) is 5.69 Å². The maximum atomic E-state index is 11.9. The lowest BCUT2D eigenvalue weighted by atomic mass is 10.1. The molecule has 1 aromatic heterocycles. The van der Waals surface area contributed by atoms with Crippen molar-refractivity contribution in [1.82, 2.24) is 20.4 Å². The van der Waals surface area contributed by atoms with Crippen molar-refractivity contribution in [3.05, 3.63) is 46.0 Å². The van der Waals surface area contributed by atoms with Crippen LogP contribution in [0.1, 0.15) is 45.1 Å². The second kappa shape index (κ2) is 6.94. The number of hydrogen-bond acceptors (Lipinski definition) is 5. The summed E-state index contributed by atoms with van der Waals surface area (Å²) in [6.07, 6.45) is 1.53. The second-order valence-corrected chi connectivity index (χ2v) is 5.12. The van der Waals surface area contributed by atoms with Crippen LogP contribution >= 0.6 is 11.5 Å². The van der Waals surface area contributed by atoms with E-state index in [9.17, 15) is 9.59 Å². The average Bonchev–Trinajstić information content (AvgIpc) is 3.01. The maximum Gasteiger partial charge on any atom is 0.283 e. The van der Waals surface area contributed by atoms with Gasteiger partial charge in [-0.25, -0.2) is 0 Å². The van der Waals surface area contributed by atoms with Gasteiger partial charge < -0.3 is 0 Å². The predicted octanol–water partition coefficient (Wildman–Crippen LogP) is 1.74. The van der Waals surface area contributed by atoms with Crippen molar-refractivity contribution < 1.29 is 9.59 Å². The number of amides is 2. The summed E-state index contributed by atoms with van der Waals surface area (Å²) in [5, 5.41) is 3.86. The van der Waals surface area contributed by atoms with E-state index in [1.165, 1.54) is 0 Å². The molecule has 1 heterocycles. The highest BCUT2D eigenvalue weighted by molar-refractivity contribution is 7.08. The van der Waals surface area contributed by atoms with Crippen LogP contribution in [0, 0.1) is 0 Å². The zero-order chi connectivity index (χ0) is 15.2.